The molecule has 1 amide bonds. The van der Waals surface area contributed by atoms with Crippen LogP contribution in [0.15, 0.2) is 41.3 Å². The molecule has 1 saturated heterocycles. The fourth-order valence-corrected chi connectivity index (χ4v) is 4.02. The molecule has 7 nitrogen and oxygen atoms in total. The van der Waals surface area contributed by atoms with E-state index in [9.17, 15) is 9.59 Å². The highest BCUT2D eigenvalue weighted by Crippen LogP contribution is 2.30. The van der Waals surface area contributed by atoms with Gasteiger partial charge in [0.05, 0.1) is 19.0 Å². The van der Waals surface area contributed by atoms with Gasteiger partial charge in [-0.3, -0.25) is 9.59 Å². The number of amides is 1. The third-order valence-electron chi connectivity index (χ3n) is 5.99. The molecule has 2 heterocycles. The van der Waals surface area contributed by atoms with Crippen molar-refractivity contribution < 1.29 is 9.53 Å². The number of methoxy groups -OCH3 is 1. The lowest BCUT2D eigenvalue weighted by atomic mass is 9.94. The number of carbonyl (C=O) groups excluding carboxylic acids is 1. The molecule has 1 unspecified atom stereocenters. The fourth-order valence-electron chi connectivity index (χ4n) is 4.02. The number of piperidine rings is 1. The van der Waals surface area contributed by atoms with Crippen molar-refractivity contribution in [3.8, 4) is 5.75 Å². The summed E-state index contributed by atoms with van der Waals surface area (Å²) in [5.41, 5.74) is 1.89. The lowest BCUT2D eigenvalue weighted by molar-refractivity contribution is -0.122. The number of hydrogen-bond donors (Lipinski definition) is 1. The average molecular weight is 411 g/mol. The van der Waals surface area contributed by atoms with E-state index < -0.39 is 0 Å². The first-order chi connectivity index (χ1) is 14.6. The second-order valence-electron chi connectivity index (χ2n) is 8.46. The Balaban J connectivity index is 1.28. The molecule has 1 aliphatic heterocycles. The molecule has 1 aromatic heterocycles. The number of carbonyl (C=O) groups is 1. The summed E-state index contributed by atoms with van der Waals surface area (Å²) >= 11 is 0. The molecular formula is C23H30N4O3. The predicted molar refractivity (Wildman–Crippen MR) is 116 cm³/mol. The van der Waals surface area contributed by atoms with Crippen molar-refractivity contribution in [3.05, 3.63) is 52.4 Å². The second kappa shape index (κ2) is 9.32. The number of nitrogens with one attached hydrogen (secondary N) is 1. The lowest BCUT2D eigenvalue weighted by Crippen LogP contribution is -2.38. The summed E-state index contributed by atoms with van der Waals surface area (Å²) in [4.78, 5) is 27.0. The van der Waals surface area contributed by atoms with E-state index in [0.29, 0.717) is 18.9 Å². The molecule has 2 aliphatic rings. The highest BCUT2D eigenvalue weighted by molar-refractivity contribution is 5.76. The Kier molecular flexibility index (Phi) is 6.35. The van der Waals surface area contributed by atoms with E-state index in [2.05, 4.69) is 15.3 Å². The highest BCUT2D eigenvalue weighted by atomic mass is 16.5. The summed E-state index contributed by atoms with van der Waals surface area (Å²) in [6.07, 6.45) is 6.74. The molecule has 160 valence electrons. The van der Waals surface area contributed by atoms with Crippen molar-refractivity contribution in [3.63, 3.8) is 0 Å². The van der Waals surface area contributed by atoms with Gasteiger partial charge >= 0.3 is 0 Å². The van der Waals surface area contributed by atoms with Crippen molar-refractivity contribution in [2.75, 3.05) is 25.1 Å². The van der Waals surface area contributed by atoms with Crippen molar-refractivity contribution in [1.29, 1.82) is 0 Å². The number of anilines is 1. The molecule has 1 atom stereocenters. The van der Waals surface area contributed by atoms with Gasteiger partial charge in [-0.25, -0.2) is 4.68 Å². The normalized spacial score (nSPS) is 18.8. The summed E-state index contributed by atoms with van der Waals surface area (Å²) in [7, 11) is 1.64. The summed E-state index contributed by atoms with van der Waals surface area (Å²) in [6.45, 7) is 2.93. The number of benzene rings is 1. The predicted octanol–water partition coefficient (Wildman–Crippen LogP) is 2.58. The molecule has 30 heavy (non-hydrogen) atoms. The van der Waals surface area contributed by atoms with Gasteiger partial charge in [-0.2, -0.15) is 5.10 Å². The average Bonchev–Trinajstić information content (AvgIpc) is 3.58. The second-order valence-corrected chi connectivity index (χ2v) is 8.46. The Morgan fingerprint density at radius 2 is 2.00 bits per heavy atom. The Labute approximate surface area is 177 Å². The number of ether oxygens (including phenoxy) is 1. The van der Waals surface area contributed by atoms with E-state index in [1.165, 1.54) is 12.8 Å². The first kappa shape index (κ1) is 20.4. The molecule has 0 radical (unpaired) electrons. The van der Waals surface area contributed by atoms with Crippen LogP contribution in [0.2, 0.25) is 0 Å². The molecule has 1 aromatic carbocycles. The van der Waals surface area contributed by atoms with E-state index in [0.717, 1.165) is 49.5 Å². The van der Waals surface area contributed by atoms with Gasteiger partial charge in [0.1, 0.15) is 5.75 Å². The minimum absolute atomic E-state index is 0.0289. The minimum Gasteiger partial charge on any atom is -0.497 e. The van der Waals surface area contributed by atoms with Crippen LogP contribution in [0, 0.1) is 11.8 Å². The van der Waals surface area contributed by atoms with Crippen molar-refractivity contribution in [2.45, 2.75) is 45.2 Å². The van der Waals surface area contributed by atoms with Crippen LogP contribution in [0.4, 0.5) is 5.69 Å². The molecular weight excluding hydrogens is 380 g/mol. The molecule has 0 bridgehead atoms. The van der Waals surface area contributed by atoms with Gasteiger partial charge in [0.2, 0.25) is 5.91 Å². The maximum Gasteiger partial charge on any atom is 0.268 e. The maximum absolute atomic E-state index is 12.4. The van der Waals surface area contributed by atoms with E-state index in [4.69, 9.17) is 4.74 Å². The van der Waals surface area contributed by atoms with Gasteiger partial charge in [-0.15, -0.1) is 0 Å². The van der Waals surface area contributed by atoms with Crippen LogP contribution in [-0.2, 0) is 17.9 Å². The zero-order chi connectivity index (χ0) is 20.9. The zero-order valence-corrected chi connectivity index (χ0v) is 17.5. The topological polar surface area (TPSA) is 76.5 Å². The van der Waals surface area contributed by atoms with E-state index >= 15 is 0 Å². The summed E-state index contributed by atoms with van der Waals surface area (Å²) in [5, 5.41) is 7.38. The fraction of sp³-hybridized carbons (Fsp3) is 0.522. The first-order valence-corrected chi connectivity index (χ1v) is 10.8. The van der Waals surface area contributed by atoms with E-state index in [1.54, 1.807) is 24.1 Å². The molecule has 4 rings (SSSR count). The lowest BCUT2D eigenvalue weighted by Gasteiger charge is -2.34. The first-order valence-electron chi connectivity index (χ1n) is 10.8. The third-order valence-corrected chi connectivity index (χ3v) is 5.99. The molecule has 2 aromatic rings. The van der Waals surface area contributed by atoms with Crippen LogP contribution in [0.1, 0.15) is 37.7 Å². The van der Waals surface area contributed by atoms with Crippen LogP contribution < -0.4 is 20.5 Å². The Hall–Kier alpha value is -2.83. The SMILES string of the molecule is COc1ccc(CNC(=O)CC2CCCN(c3cnn(CC4CC4)c(=O)c3)C2)cc1. The van der Waals surface area contributed by atoms with Crippen LogP contribution in [-0.4, -0.2) is 35.9 Å². The van der Waals surface area contributed by atoms with Gasteiger partial charge in [0, 0.05) is 38.7 Å². The van der Waals surface area contributed by atoms with Crippen molar-refractivity contribution >= 4 is 11.6 Å². The number of nitrogens with zero attached hydrogens (tertiary/aromatic N) is 3. The quantitative estimate of drug-likeness (QED) is 0.724. The van der Waals surface area contributed by atoms with Crippen LogP contribution in [0.5, 0.6) is 5.75 Å². The highest BCUT2D eigenvalue weighted by Gasteiger charge is 2.25. The third kappa shape index (κ3) is 5.40. The number of rotatable bonds is 8. The Bertz CT molecular complexity index is 921. The summed E-state index contributed by atoms with van der Waals surface area (Å²) in [6, 6.07) is 9.40. The minimum atomic E-state index is -0.0289. The molecule has 1 aliphatic carbocycles. The van der Waals surface area contributed by atoms with Gasteiger partial charge in [0.15, 0.2) is 0 Å². The number of hydrogen-bond acceptors (Lipinski definition) is 5. The van der Waals surface area contributed by atoms with E-state index in [-0.39, 0.29) is 17.4 Å². The standard InChI is InChI=1S/C23H30N4O3/c1-30-21-8-6-17(7-9-21)13-24-22(28)11-19-3-2-10-26(15-19)20-12-23(29)27(25-14-20)16-18-4-5-18/h6-9,12,14,18-19H,2-5,10-11,13,15-16H2,1H3,(H,24,28). The van der Waals surface area contributed by atoms with Gasteiger partial charge < -0.3 is 15.0 Å². The van der Waals surface area contributed by atoms with Crippen LogP contribution in [0.3, 0.4) is 0 Å². The Morgan fingerprint density at radius 3 is 2.70 bits per heavy atom. The van der Waals surface area contributed by atoms with Gasteiger partial charge in [-0.05, 0) is 55.2 Å². The molecule has 7 heteroatoms. The molecule has 1 saturated carbocycles. The summed E-state index contributed by atoms with van der Waals surface area (Å²) in [5.74, 6) is 1.78. The number of aromatic nitrogens is 2. The van der Waals surface area contributed by atoms with Crippen molar-refractivity contribution in [1.82, 2.24) is 15.1 Å². The van der Waals surface area contributed by atoms with Crippen LogP contribution in [0.25, 0.3) is 0 Å². The molecule has 2 fully saturated rings. The Morgan fingerprint density at radius 1 is 1.20 bits per heavy atom. The molecule has 0 spiro atoms. The summed E-state index contributed by atoms with van der Waals surface area (Å²) < 4.78 is 6.74. The monoisotopic (exact) mass is 410 g/mol. The van der Waals surface area contributed by atoms with Gasteiger partial charge in [-0.1, -0.05) is 12.1 Å². The van der Waals surface area contributed by atoms with Gasteiger partial charge in [0.25, 0.3) is 5.56 Å². The van der Waals surface area contributed by atoms with E-state index in [1.807, 2.05) is 24.3 Å². The van der Waals surface area contributed by atoms with Crippen LogP contribution >= 0.6 is 0 Å². The molecule has 1 N–H and O–H groups in total. The smallest absolute Gasteiger partial charge is 0.268 e. The van der Waals surface area contributed by atoms with Crippen molar-refractivity contribution in [2.24, 2.45) is 11.8 Å². The maximum atomic E-state index is 12.4. The largest absolute Gasteiger partial charge is 0.497 e. The zero-order valence-electron chi connectivity index (χ0n) is 17.5.